The summed E-state index contributed by atoms with van der Waals surface area (Å²) in [5.74, 6) is 1.08. The Kier molecular flexibility index (Phi) is 5.34. The second kappa shape index (κ2) is 7.01. The van der Waals surface area contributed by atoms with E-state index in [9.17, 15) is 4.21 Å². The van der Waals surface area contributed by atoms with Gasteiger partial charge in [-0.05, 0) is 36.8 Å². The minimum Gasteiger partial charge on any atom is -0.396 e. The third kappa shape index (κ3) is 3.77. The van der Waals surface area contributed by atoms with Crippen molar-refractivity contribution in [3.63, 3.8) is 0 Å². The molecule has 1 aromatic rings. The van der Waals surface area contributed by atoms with Crippen molar-refractivity contribution in [3.05, 3.63) is 46.4 Å². The van der Waals surface area contributed by atoms with Gasteiger partial charge in [-0.15, -0.1) is 0 Å². The van der Waals surface area contributed by atoms with Crippen molar-refractivity contribution in [2.24, 2.45) is 5.92 Å². The number of aliphatic hydroxyl groups excluding tert-OH is 1. The summed E-state index contributed by atoms with van der Waals surface area (Å²) in [7, 11) is -0.859. The molecule has 1 unspecified atom stereocenters. The number of hydrogen-bond donors (Lipinski definition) is 1. The molecular weight excluding hydrogens is 256 g/mol. The van der Waals surface area contributed by atoms with E-state index < -0.39 is 10.8 Å². The molecule has 0 fully saturated rings. The number of benzene rings is 1. The standard InChI is InChI=1S/C16H22O2S/c1-2-14-15(16(14)19(18)12-6-11-17)10-9-13-7-4-3-5-8-13/h3-5,7-8,14,17H,2,6,9-12H2,1H3/t14-,19?/m0/s1. The van der Waals surface area contributed by atoms with Crippen LogP contribution < -0.4 is 0 Å². The van der Waals surface area contributed by atoms with Gasteiger partial charge in [-0.2, -0.15) is 0 Å². The quantitative estimate of drug-likeness (QED) is 0.793. The third-order valence-electron chi connectivity index (χ3n) is 3.64. The Morgan fingerprint density at radius 2 is 1.95 bits per heavy atom. The van der Waals surface area contributed by atoms with Gasteiger partial charge in [-0.3, -0.25) is 4.21 Å². The van der Waals surface area contributed by atoms with Crippen LogP contribution in [-0.2, 0) is 17.2 Å². The Hall–Kier alpha value is -0.930. The Labute approximate surface area is 118 Å². The summed E-state index contributed by atoms with van der Waals surface area (Å²) in [5.41, 5.74) is 2.75. The molecule has 0 spiro atoms. The smallest absolute Gasteiger partial charge is 0.0495 e. The van der Waals surface area contributed by atoms with Crippen molar-refractivity contribution in [2.45, 2.75) is 32.6 Å². The van der Waals surface area contributed by atoms with Crippen LogP contribution in [0.3, 0.4) is 0 Å². The van der Waals surface area contributed by atoms with Crippen LogP contribution in [0.15, 0.2) is 40.8 Å². The summed E-state index contributed by atoms with van der Waals surface area (Å²) in [5, 5.41) is 8.81. The molecule has 1 aliphatic rings. The lowest BCUT2D eigenvalue weighted by atomic mass is 10.1. The minimum atomic E-state index is -0.859. The highest BCUT2D eigenvalue weighted by molar-refractivity contribution is 7.89. The second-order valence-electron chi connectivity index (χ2n) is 4.96. The molecular formula is C16H22O2S. The van der Waals surface area contributed by atoms with Crippen molar-refractivity contribution in [1.29, 1.82) is 0 Å². The van der Waals surface area contributed by atoms with Crippen molar-refractivity contribution in [1.82, 2.24) is 0 Å². The maximum atomic E-state index is 12.1. The maximum Gasteiger partial charge on any atom is 0.0495 e. The molecule has 0 heterocycles. The Balaban J connectivity index is 1.91. The van der Waals surface area contributed by atoms with E-state index >= 15 is 0 Å². The van der Waals surface area contributed by atoms with E-state index in [2.05, 4.69) is 31.2 Å². The fraction of sp³-hybridized carbons (Fsp3) is 0.500. The van der Waals surface area contributed by atoms with Crippen LogP contribution >= 0.6 is 0 Å². The zero-order valence-electron chi connectivity index (χ0n) is 11.5. The predicted molar refractivity (Wildman–Crippen MR) is 80.3 cm³/mol. The van der Waals surface area contributed by atoms with E-state index in [0.29, 0.717) is 18.1 Å². The molecule has 1 aliphatic carbocycles. The highest BCUT2D eigenvalue weighted by Gasteiger charge is 2.37. The van der Waals surface area contributed by atoms with Crippen LogP contribution in [0.2, 0.25) is 0 Å². The largest absolute Gasteiger partial charge is 0.396 e. The molecule has 0 aromatic heterocycles. The first-order valence-corrected chi connectivity index (χ1v) is 8.36. The van der Waals surface area contributed by atoms with Crippen LogP contribution in [0, 0.1) is 5.92 Å². The van der Waals surface area contributed by atoms with E-state index in [4.69, 9.17) is 5.11 Å². The zero-order chi connectivity index (χ0) is 13.7. The Bertz CT molecular complexity index is 465. The van der Waals surface area contributed by atoms with Gasteiger partial charge >= 0.3 is 0 Å². The molecule has 0 aliphatic heterocycles. The van der Waals surface area contributed by atoms with Crippen molar-refractivity contribution >= 4 is 10.8 Å². The topological polar surface area (TPSA) is 37.3 Å². The van der Waals surface area contributed by atoms with Crippen LogP contribution in [0.1, 0.15) is 31.7 Å². The monoisotopic (exact) mass is 278 g/mol. The Morgan fingerprint density at radius 1 is 1.21 bits per heavy atom. The average Bonchev–Trinajstić information content (AvgIpc) is 3.17. The zero-order valence-corrected chi connectivity index (χ0v) is 12.3. The van der Waals surface area contributed by atoms with E-state index in [-0.39, 0.29) is 6.61 Å². The van der Waals surface area contributed by atoms with Gasteiger partial charge in [0.15, 0.2) is 0 Å². The molecule has 0 bridgehead atoms. The molecule has 19 heavy (non-hydrogen) atoms. The summed E-state index contributed by atoms with van der Waals surface area (Å²) in [6.07, 6.45) is 3.76. The van der Waals surface area contributed by atoms with E-state index in [1.54, 1.807) is 0 Å². The van der Waals surface area contributed by atoms with Crippen molar-refractivity contribution in [3.8, 4) is 0 Å². The molecule has 0 saturated carbocycles. The van der Waals surface area contributed by atoms with E-state index in [0.717, 1.165) is 19.3 Å². The highest BCUT2D eigenvalue weighted by Crippen LogP contribution is 2.46. The molecule has 1 N–H and O–H groups in total. The van der Waals surface area contributed by atoms with Gasteiger partial charge in [0.1, 0.15) is 0 Å². The SMILES string of the molecule is CC[C@H]1C(CCc2ccccc2)=C1S(=O)CCCO. The molecule has 104 valence electrons. The first kappa shape index (κ1) is 14.5. The van der Waals surface area contributed by atoms with Crippen LogP contribution in [-0.4, -0.2) is 21.7 Å². The van der Waals surface area contributed by atoms with Crippen molar-refractivity contribution in [2.75, 3.05) is 12.4 Å². The number of aryl methyl sites for hydroxylation is 1. The second-order valence-corrected chi connectivity index (χ2v) is 6.50. The normalized spacial score (nSPS) is 19.6. The number of allylic oxidation sites excluding steroid dienone is 2. The molecule has 2 rings (SSSR count). The molecule has 2 nitrogen and oxygen atoms in total. The first-order chi connectivity index (χ1) is 9.27. The fourth-order valence-corrected chi connectivity index (χ4v) is 4.27. The van der Waals surface area contributed by atoms with E-state index in [1.165, 1.54) is 16.0 Å². The lowest BCUT2D eigenvalue weighted by Crippen LogP contribution is -1.99. The average molecular weight is 278 g/mol. The lowest BCUT2D eigenvalue weighted by Gasteiger charge is -1.98. The molecule has 0 amide bonds. The summed E-state index contributed by atoms with van der Waals surface area (Å²) in [6.45, 7) is 2.29. The number of rotatable bonds is 8. The summed E-state index contributed by atoms with van der Waals surface area (Å²) in [6, 6.07) is 10.4. The van der Waals surface area contributed by atoms with E-state index in [1.807, 2.05) is 6.07 Å². The Morgan fingerprint density at radius 3 is 2.58 bits per heavy atom. The van der Waals surface area contributed by atoms with Crippen LogP contribution in [0.25, 0.3) is 0 Å². The van der Waals surface area contributed by atoms with Gasteiger partial charge in [-0.1, -0.05) is 37.3 Å². The van der Waals surface area contributed by atoms with Crippen LogP contribution in [0.4, 0.5) is 0 Å². The molecule has 1 aromatic carbocycles. The summed E-state index contributed by atoms with van der Waals surface area (Å²) >= 11 is 0. The summed E-state index contributed by atoms with van der Waals surface area (Å²) in [4.78, 5) is 1.17. The van der Waals surface area contributed by atoms with Gasteiger partial charge in [0, 0.05) is 34.0 Å². The molecule has 0 radical (unpaired) electrons. The van der Waals surface area contributed by atoms with Gasteiger partial charge in [0.25, 0.3) is 0 Å². The van der Waals surface area contributed by atoms with Gasteiger partial charge < -0.3 is 5.11 Å². The molecule has 3 heteroatoms. The predicted octanol–water partition coefficient (Wildman–Crippen LogP) is 3.04. The van der Waals surface area contributed by atoms with Crippen LogP contribution in [0.5, 0.6) is 0 Å². The highest BCUT2D eigenvalue weighted by atomic mass is 32.2. The minimum absolute atomic E-state index is 0.134. The molecule has 0 saturated heterocycles. The fourth-order valence-electron chi connectivity index (χ4n) is 2.56. The molecule has 2 atom stereocenters. The van der Waals surface area contributed by atoms with Gasteiger partial charge in [0.2, 0.25) is 0 Å². The maximum absolute atomic E-state index is 12.1. The van der Waals surface area contributed by atoms with Crippen molar-refractivity contribution < 1.29 is 9.32 Å². The number of aliphatic hydroxyl groups is 1. The van der Waals surface area contributed by atoms with Gasteiger partial charge in [-0.25, -0.2) is 0 Å². The van der Waals surface area contributed by atoms with Gasteiger partial charge in [0.05, 0.1) is 0 Å². The third-order valence-corrected chi connectivity index (χ3v) is 5.33. The lowest BCUT2D eigenvalue weighted by molar-refractivity contribution is 0.296. The first-order valence-electron chi connectivity index (χ1n) is 7.04. The number of hydrogen-bond acceptors (Lipinski definition) is 2. The summed E-state index contributed by atoms with van der Waals surface area (Å²) < 4.78 is 12.1.